The molecule has 1 unspecified atom stereocenters. The van der Waals surface area contributed by atoms with Gasteiger partial charge in [-0.05, 0) is 0 Å². The van der Waals surface area contributed by atoms with Crippen LogP contribution in [0.25, 0.3) is 0 Å². The van der Waals surface area contributed by atoms with Crippen molar-refractivity contribution >= 4 is 5.97 Å². The van der Waals surface area contributed by atoms with Crippen LogP contribution in [0.3, 0.4) is 0 Å². The van der Waals surface area contributed by atoms with E-state index < -0.39 is 5.97 Å². The number of carboxylic acid groups (broad SMARTS) is 1. The van der Waals surface area contributed by atoms with E-state index in [9.17, 15) is 4.79 Å². The third kappa shape index (κ3) is 7.96. The highest BCUT2D eigenvalue weighted by Crippen LogP contribution is 2.02. The lowest BCUT2D eigenvalue weighted by Crippen LogP contribution is -2.05. The smallest absolute Gasteiger partial charge is 0.304 e. The minimum atomic E-state index is -0.697. The lowest BCUT2D eigenvalue weighted by Gasteiger charge is -1.92. The number of nitrogens with one attached hydrogen (secondary N) is 1. The first-order chi connectivity index (χ1) is 7.22. The van der Waals surface area contributed by atoms with Crippen LogP contribution < -0.4 is 5.32 Å². The molecule has 1 atom stereocenters. The van der Waals surface area contributed by atoms with Crippen molar-refractivity contribution in [2.24, 2.45) is 0 Å². The predicted octanol–water partition coefficient (Wildman–Crippen LogP) is -0.105. The second-order valence-electron chi connectivity index (χ2n) is 3.59. The summed E-state index contributed by atoms with van der Waals surface area (Å²) in [5.41, 5.74) is 0. The van der Waals surface area contributed by atoms with E-state index in [1.54, 1.807) is 0 Å². The third-order valence-corrected chi connectivity index (χ3v) is 2.09. The van der Waals surface area contributed by atoms with Crippen LogP contribution in [-0.2, 0) is 9.53 Å². The van der Waals surface area contributed by atoms with Crippen LogP contribution in [-0.4, -0.2) is 54.8 Å². The van der Waals surface area contributed by atoms with E-state index in [1.807, 2.05) is 0 Å². The fourth-order valence-electron chi connectivity index (χ4n) is 0.933. The molecule has 2 heterocycles. The first kappa shape index (κ1) is 12.0. The molecule has 0 radical (unpaired) electrons. The standard InChI is InChI=1S/C5H9NO2.C5H9NO/c7-5(8)1-2-6-3-4-6;1-2-7-4-5-3-6-5/h1-4H2,(H,7,8);2,5-6H,1,3-4H2. The molecular formula is C10H18N2O3. The highest BCUT2D eigenvalue weighted by Gasteiger charge is 2.19. The Morgan fingerprint density at radius 1 is 1.67 bits per heavy atom. The van der Waals surface area contributed by atoms with Gasteiger partial charge in [-0.1, -0.05) is 6.58 Å². The van der Waals surface area contributed by atoms with Crippen molar-refractivity contribution in [2.75, 3.05) is 32.8 Å². The zero-order valence-corrected chi connectivity index (χ0v) is 8.82. The van der Waals surface area contributed by atoms with Crippen molar-refractivity contribution in [2.45, 2.75) is 12.5 Å². The van der Waals surface area contributed by atoms with Gasteiger partial charge in [0.25, 0.3) is 0 Å². The molecular weight excluding hydrogens is 196 g/mol. The number of carboxylic acids is 1. The molecule has 2 N–H and O–H groups in total. The van der Waals surface area contributed by atoms with Gasteiger partial charge in [0.2, 0.25) is 0 Å². The van der Waals surface area contributed by atoms with Gasteiger partial charge in [0.1, 0.15) is 6.61 Å². The van der Waals surface area contributed by atoms with Crippen LogP contribution in [0.1, 0.15) is 6.42 Å². The summed E-state index contributed by atoms with van der Waals surface area (Å²) in [6.07, 6.45) is 1.76. The summed E-state index contributed by atoms with van der Waals surface area (Å²) in [5, 5.41) is 11.3. The van der Waals surface area contributed by atoms with Gasteiger partial charge in [-0.2, -0.15) is 0 Å². The van der Waals surface area contributed by atoms with E-state index in [4.69, 9.17) is 9.84 Å². The Kier molecular flexibility index (Phi) is 5.14. The number of hydrogen-bond acceptors (Lipinski definition) is 4. The molecule has 86 valence electrons. The highest BCUT2D eigenvalue weighted by atomic mass is 16.5. The summed E-state index contributed by atoms with van der Waals surface area (Å²) in [6, 6.07) is 0.609. The third-order valence-electron chi connectivity index (χ3n) is 2.09. The van der Waals surface area contributed by atoms with Gasteiger partial charge < -0.3 is 20.1 Å². The van der Waals surface area contributed by atoms with Gasteiger partial charge in [-0.15, -0.1) is 0 Å². The number of ether oxygens (including phenoxy) is 1. The molecule has 0 saturated carbocycles. The molecule has 0 amide bonds. The SMILES string of the molecule is C=COCC1CN1.O=C(O)CCN1CC1. The van der Waals surface area contributed by atoms with Crippen LogP contribution in [0, 0.1) is 0 Å². The zero-order chi connectivity index (χ0) is 11.1. The Morgan fingerprint density at radius 3 is 2.73 bits per heavy atom. The van der Waals surface area contributed by atoms with Crippen molar-refractivity contribution < 1.29 is 14.6 Å². The molecule has 0 aromatic rings. The Balaban J connectivity index is 0.000000151. The first-order valence-electron chi connectivity index (χ1n) is 5.12. The largest absolute Gasteiger partial charge is 0.500 e. The van der Waals surface area contributed by atoms with Crippen LogP contribution in [0.2, 0.25) is 0 Å². The molecule has 2 aliphatic rings. The number of rotatable bonds is 6. The molecule has 0 aliphatic carbocycles. The second-order valence-corrected chi connectivity index (χ2v) is 3.59. The van der Waals surface area contributed by atoms with Gasteiger partial charge in [0.05, 0.1) is 18.7 Å². The number of aliphatic carboxylic acids is 1. The Morgan fingerprint density at radius 2 is 2.33 bits per heavy atom. The fourth-order valence-corrected chi connectivity index (χ4v) is 0.933. The number of nitrogens with zero attached hydrogens (tertiary/aromatic N) is 1. The average Bonchev–Trinajstić information content (AvgIpc) is 3.05. The number of hydrogen-bond donors (Lipinski definition) is 2. The average molecular weight is 214 g/mol. The van der Waals surface area contributed by atoms with Gasteiger partial charge in [0, 0.05) is 26.2 Å². The molecule has 15 heavy (non-hydrogen) atoms. The zero-order valence-electron chi connectivity index (χ0n) is 8.82. The van der Waals surface area contributed by atoms with E-state index in [2.05, 4.69) is 16.8 Å². The van der Waals surface area contributed by atoms with Crippen molar-refractivity contribution in [3.05, 3.63) is 12.8 Å². The van der Waals surface area contributed by atoms with E-state index in [0.29, 0.717) is 12.5 Å². The van der Waals surface area contributed by atoms with Crippen molar-refractivity contribution in [3.63, 3.8) is 0 Å². The summed E-state index contributed by atoms with van der Waals surface area (Å²) in [7, 11) is 0. The van der Waals surface area contributed by atoms with Crippen molar-refractivity contribution in [3.8, 4) is 0 Å². The predicted molar refractivity (Wildman–Crippen MR) is 56.6 cm³/mol. The quantitative estimate of drug-likeness (QED) is 0.477. The van der Waals surface area contributed by atoms with E-state index in [1.165, 1.54) is 6.26 Å². The molecule has 0 aromatic carbocycles. The Labute approximate surface area is 89.7 Å². The van der Waals surface area contributed by atoms with E-state index in [0.717, 1.165) is 32.8 Å². The van der Waals surface area contributed by atoms with Crippen LogP contribution in [0.15, 0.2) is 12.8 Å². The molecule has 5 heteroatoms. The van der Waals surface area contributed by atoms with Gasteiger partial charge in [-0.25, -0.2) is 0 Å². The number of carbonyl (C=O) groups is 1. The summed E-state index contributed by atoms with van der Waals surface area (Å²) >= 11 is 0. The minimum absolute atomic E-state index is 0.292. The van der Waals surface area contributed by atoms with Gasteiger partial charge in [-0.3, -0.25) is 4.79 Å². The molecule has 2 aliphatic heterocycles. The molecule has 5 nitrogen and oxygen atoms in total. The Hall–Kier alpha value is -1.07. The lowest BCUT2D eigenvalue weighted by molar-refractivity contribution is -0.137. The molecule has 0 spiro atoms. The van der Waals surface area contributed by atoms with Crippen LogP contribution in [0.5, 0.6) is 0 Å². The first-order valence-corrected chi connectivity index (χ1v) is 5.12. The van der Waals surface area contributed by atoms with Crippen molar-refractivity contribution in [1.82, 2.24) is 10.2 Å². The summed E-state index contributed by atoms with van der Waals surface area (Å²) < 4.78 is 4.86. The fraction of sp³-hybridized carbons (Fsp3) is 0.700. The van der Waals surface area contributed by atoms with E-state index >= 15 is 0 Å². The lowest BCUT2D eigenvalue weighted by atomic mass is 10.4. The second kappa shape index (κ2) is 6.42. The summed E-state index contributed by atoms with van der Waals surface area (Å²) in [6.45, 7) is 8.21. The maximum Gasteiger partial charge on any atom is 0.304 e. The maximum atomic E-state index is 9.90. The summed E-state index contributed by atoms with van der Waals surface area (Å²) in [5.74, 6) is -0.697. The summed E-state index contributed by atoms with van der Waals surface area (Å²) in [4.78, 5) is 12.0. The van der Waals surface area contributed by atoms with Gasteiger partial charge in [0.15, 0.2) is 0 Å². The normalized spacial score (nSPS) is 22.3. The molecule has 2 rings (SSSR count). The van der Waals surface area contributed by atoms with Crippen molar-refractivity contribution in [1.29, 1.82) is 0 Å². The van der Waals surface area contributed by atoms with Crippen LogP contribution in [0.4, 0.5) is 0 Å². The Bertz CT molecular complexity index is 213. The highest BCUT2D eigenvalue weighted by molar-refractivity contribution is 5.66. The van der Waals surface area contributed by atoms with Gasteiger partial charge >= 0.3 is 5.97 Å². The topological polar surface area (TPSA) is 71.5 Å². The molecule has 2 saturated heterocycles. The molecule has 2 fully saturated rings. The molecule has 0 aromatic heterocycles. The monoisotopic (exact) mass is 214 g/mol. The maximum absolute atomic E-state index is 9.90. The minimum Gasteiger partial charge on any atom is -0.500 e. The van der Waals surface area contributed by atoms with Crippen LogP contribution >= 0.6 is 0 Å². The van der Waals surface area contributed by atoms with E-state index in [-0.39, 0.29) is 0 Å². The molecule has 0 bridgehead atoms.